The van der Waals surface area contributed by atoms with Gasteiger partial charge in [-0.15, -0.1) is 0 Å². The Morgan fingerprint density at radius 1 is 1.21 bits per heavy atom. The molecule has 1 aromatic carbocycles. The van der Waals surface area contributed by atoms with Gasteiger partial charge in [-0.3, -0.25) is 0 Å². The van der Waals surface area contributed by atoms with Crippen molar-refractivity contribution in [1.82, 2.24) is 10.6 Å². The van der Waals surface area contributed by atoms with Crippen LogP contribution in [0.4, 0.5) is 5.69 Å². The van der Waals surface area contributed by atoms with Crippen molar-refractivity contribution in [3.05, 3.63) is 29.8 Å². The van der Waals surface area contributed by atoms with E-state index in [0.29, 0.717) is 31.4 Å². The highest BCUT2D eigenvalue weighted by Crippen LogP contribution is 2.23. The summed E-state index contributed by atoms with van der Waals surface area (Å²) in [4.78, 5) is 6.98. The number of hydrogen-bond acceptors (Lipinski definition) is 5. The largest absolute Gasteiger partial charge is 0.396 e. The summed E-state index contributed by atoms with van der Waals surface area (Å²) in [6, 6.07) is 8.40. The highest BCUT2D eigenvalue weighted by atomic mass is 32.2. The number of benzene rings is 1. The van der Waals surface area contributed by atoms with E-state index in [2.05, 4.69) is 44.8 Å². The van der Waals surface area contributed by atoms with Crippen LogP contribution in [0.2, 0.25) is 0 Å². The van der Waals surface area contributed by atoms with Gasteiger partial charge in [0, 0.05) is 38.0 Å². The summed E-state index contributed by atoms with van der Waals surface area (Å²) >= 11 is 0. The van der Waals surface area contributed by atoms with Crippen LogP contribution in [-0.2, 0) is 16.4 Å². The molecule has 156 valence electrons. The van der Waals surface area contributed by atoms with Crippen LogP contribution in [-0.4, -0.2) is 63.3 Å². The molecule has 0 amide bonds. The fourth-order valence-corrected chi connectivity index (χ4v) is 5.45. The Bertz CT molecular complexity index is 756. The smallest absolute Gasteiger partial charge is 0.191 e. The molecule has 2 saturated heterocycles. The molecule has 28 heavy (non-hydrogen) atoms. The summed E-state index contributed by atoms with van der Waals surface area (Å²) in [5, 5.41) is 15.7. The minimum absolute atomic E-state index is 0.0629. The molecule has 2 aliphatic rings. The first-order valence-corrected chi connectivity index (χ1v) is 12.0. The molecule has 1 atom stereocenters. The Labute approximate surface area is 168 Å². The highest BCUT2D eigenvalue weighted by molar-refractivity contribution is 7.91. The lowest BCUT2D eigenvalue weighted by Crippen LogP contribution is -2.44. The summed E-state index contributed by atoms with van der Waals surface area (Å²) < 4.78 is 23.3. The van der Waals surface area contributed by atoms with Crippen LogP contribution >= 0.6 is 0 Å². The maximum Gasteiger partial charge on any atom is 0.191 e. The third-order valence-corrected chi connectivity index (χ3v) is 7.28. The van der Waals surface area contributed by atoms with Crippen LogP contribution in [0, 0.1) is 5.92 Å². The van der Waals surface area contributed by atoms with Crippen molar-refractivity contribution < 1.29 is 13.5 Å². The molecular weight excluding hydrogens is 376 g/mol. The minimum atomic E-state index is -2.91. The fourth-order valence-electron chi connectivity index (χ4n) is 3.78. The van der Waals surface area contributed by atoms with Gasteiger partial charge in [-0.25, -0.2) is 13.4 Å². The van der Waals surface area contributed by atoms with Crippen LogP contribution < -0.4 is 15.5 Å². The van der Waals surface area contributed by atoms with E-state index in [1.165, 1.54) is 5.69 Å². The van der Waals surface area contributed by atoms with E-state index >= 15 is 0 Å². The van der Waals surface area contributed by atoms with Crippen LogP contribution in [0.15, 0.2) is 29.3 Å². The Morgan fingerprint density at radius 2 is 1.93 bits per heavy atom. The molecule has 7 nitrogen and oxygen atoms in total. The Morgan fingerprint density at radius 3 is 2.50 bits per heavy atom. The zero-order chi connectivity index (χ0) is 20.0. The average molecular weight is 409 g/mol. The van der Waals surface area contributed by atoms with E-state index in [4.69, 9.17) is 0 Å². The molecule has 8 heteroatoms. The maximum absolute atomic E-state index is 11.6. The van der Waals surface area contributed by atoms with Crippen LogP contribution in [0.1, 0.15) is 31.7 Å². The number of rotatable bonds is 6. The summed E-state index contributed by atoms with van der Waals surface area (Å²) in [6.45, 7) is 5.54. The van der Waals surface area contributed by atoms with Crippen LogP contribution in [0.25, 0.3) is 0 Å². The van der Waals surface area contributed by atoms with Crippen LogP contribution in [0.5, 0.6) is 0 Å². The van der Waals surface area contributed by atoms with Gasteiger partial charge in [-0.05, 0) is 49.8 Å². The van der Waals surface area contributed by atoms with Gasteiger partial charge in [0.05, 0.1) is 18.1 Å². The first-order chi connectivity index (χ1) is 13.5. The van der Waals surface area contributed by atoms with E-state index in [1.807, 2.05) is 6.92 Å². The van der Waals surface area contributed by atoms with Gasteiger partial charge in [0.1, 0.15) is 0 Å². The van der Waals surface area contributed by atoms with Crippen molar-refractivity contribution >= 4 is 21.5 Å². The lowest BCUT2D eigenvalue weighted by molar-refractivity contribution is 0.203. The Balaban J connectivity index is 1.55. The quantitative estimate of drug-likeness (QED) is 0.483. The Kier molecular flexibility index (Phi) is 7.18. The van der Waals surface area contributed by atoms with Crippen molar-refractivity contribution in [2.45, 2.75) is 38.8 Å². The number of aliphatic hydroxyl groups excluding tert-OH is 1. The van der Waals surface area contributed by atoms with E-state index < -0.39 is 9.84 Å². The first-order valence-electron chi connectivity index (χ1n) is 10.2. The molecule has 3 rings (SSSR count). The number of nitrogens with zero attached hydrogens (tertiary/aromatic N) is 2. The van der Waals surface area contributed by atoms with E-state index in [-0.39, 0.29) is 17.5 Å². The summed E-state index contributed by atoms with van der Waals surface area (Å²) in [5.74, 6) is 1.54. The first kappa shape index (κ1) is 20.9. The summed E-state index contributed by atoms with van der Waals surface area (Å²) in [7, 11) is -2.91. The molecule has 0 bridgehead atoms. The topological polar surface area (TPSA) is 94.0 Å². The number of hydrogen-bond donors (Lipinski definition) is 3. The number of sulfone groups is 1. The SMILES string of the molecule is CCNC(=NCc1ccc(N2CCC(CO)CC2)cc1)NC1CCS(=O)(=O)C1. The fraction of sp³-hybridized carbons (Fsp3) is 0.650. The predicted molar refractivity (Wildman–Crippen MR) is 113 cm³/mol. The number of aliphatic imine (C=N–C) groups is 1. The van der Waals surface area contributed by atoms with Gasteiger partial charge in [0.15, 0.2) is 15.8 Å². The minimum Gasteiger partial charge on any atom is -0.396 e. The number of aliphatic hydroxyl groups is 1. The number of piperidine rings is 1. The second-order valence-corrected chi connectivity index (χ2v) is 9.95. The summed E-state index contributed by atoms with van der Waals surface area (Å²) in [5.41, 5.74) is 2.33. The van der Waals surface area contributed by atoms with Crippen molar-refractivity contribution in [3.8, 4) is 0 Å². The molecule has 0 saturated carbocycles. The number of guanidine groups is 1. The predicted octanol–water partition coefficient (Wildman–Crippen LogP) is 1.14. The lowest BCUT2D eigenvalue weighted by Gasteiger charge is -2.32. The second kappa shape index (κ2) is 9.60. The van der Waals surface area contributed by atoms with Crippen molar-refractivity contribution in [2.24, 2.45) is 10.9 Å². The van der Waals surface area contributed by atoms with Gasteiger partial charge in [-0.2, -0.15) is 0 Å². The standard InChI is InChI=1S/C20H32N4O3S/c1-2-21-20(23-18-9-12-28(26,27)15-18)22-13-16-3-5-19(6-4-16)24-10-7-17(14-25)8-11-24/h3-6,17-18,25H,2,7-15H2,1H3,(H2,21,22,23). The van der Waals surface area contributed by atoms with Gasteiger partial charge in [-0.1, -0.05) is 12.1 Å². The molecule has 3 N–H and O–H groups in total. The number of anilines is 1. The molecular formula is C20H32N4O3S. The van der Waals surface area contributed by atoms with E-state index in [9.17, 15) is 13.5 Å². The maximum atomic E-state index is 11.6. The van der Waals surface area contributed by atoms with Gasteiger partial charge in [0.2, 0.25) is 0 Å². The normalized spacial score (nSPS) is 23.0. The van der Waals surface area contributed by atoms with E-state index in [0.717, 1.165) is 38.0 Å². The van der Waals surface area contributed by atoms with Crippen LogP contribution in [0.3, 0.4) is 0 Å². The van der Waals surface area contributed by atoms with Crippen molar-refractivity contribution in [3.63, 3.8) is 0 Å². The molecule has 0 spiro atoms. The average Bonchev–Trinajstić information content (AvgIpc) is 3.05. The molecule has 0 aliphatic carbocycles. The second-order valence-electron chi connectivity index (χ2n) is 7.72. The molecule has 1 unspecified atom stereocenters. The van der Waals surface area contributed by atoms with Crippen molar-refractivity contribution in [2.75, 3.05) is 42.6 Å². The third-order valence-electron chi connectivity index (χ3n) is 5.51. The van der Waals surface area contributed by atoms with Gasteiger partial charge < -0.3 is 20.6 Å². The van der Waals surface area contributed by atoms with Gasteiger partial charge >= 0.3 is 0 Å². The molecule has 2 fully saturated rings. The van der Waals surface area contributed by atoms with E-state index in [1.54, 1.807) is 0 Å². The van der Waals surface area contributed by atoms with Gasteiger partial charge in [0.25, 0.3) is 0 Å². The molecule has 2 heterocycles. The molecule has 0 aromatic heterocycles. The van der Waals surface area contributed by atoms with Crippen molar-refractivity contribution in [1.29, 1.82) is 0 Å². The highest BCUT2D eigenvalue weighted by Gasteiger charge is 2.28. The molecule has 1 aromatic rings. The third kappa shape index (κ3) is 5.85. The molecule has 2 aliphatic heterocycles. The zero-order valence-electron chi connectivity index (χ0n) is 16.6. The zero-order valence-corrected chi connectivity index (χ0v) is 17.4. The Hall–Kier alpha value is -1.80. The lowest BCUT2D eigenvalue weighted by atomic mass is 9.97. The monoisotopic (exact) mass is 408 g/mol. The summed E-state index contributed by atoms with van der Waals surface area (Å²) in [6.07, 6.45) is 2.71. The molecule has 0 radical (unpaired) electrons. The number of nitrogens with one attached hydrogen (secondary N) is 2.